The molecule has 22 heavy (non-hydrogen) atoms. The van der Waals surface area contributed by atoms with Gasteiger partial charge in [0.1, 0.15) is 6.23 Å². The minimum Gasteiger partial charge on any atom is -0.504 e. The Labute approximate surface area is 135 Å². The first-order valence-corrected chi connectivity index (χ1v) is 11.8. The van der Waals surface area contributed by atoms with Crippen LogP contribution in [0, 0.1) is 0 Å². The van der Waals surface area contributed by atoms with E-state index in [1.807, 2.05) is 12.1 Å². The van der Waals surface area contributed by atoms with E-state index in [1.165, 1.54) is 7.11 Å². The molecule has 0 unspecified atom stereocenters. The molecule has 0 saturated heterocycles. The standard InChI is InChI=1S/C15H24O5Si2/c1-11(2)15(17)19-10-21-20-22(4,5)9-12-6-7-13(16)14(8-12)18-3/h6-8,16H,1,9-10,21H2,2-5H3. The maximum atomic E-state index is 11.3. The average Bonchev–Trinajstić information content (AvgIpc) is 2.45. The van der Waals surface area contributed by atoms with Gasteiger partial charge in [-0.05, 0) is 43.8 Å². The number of esters is 1. The molecule has 0 saturated carbocycles. The molecule has 1 aromatic carbocycles. The summed E-state index contributed by atoms with van der Waals surface area (Å²) in [7, 11) is -1.27. The number of benzene rings is 1. The molecule has 0 fully saturated rings. The number of rotatable bonds is 8. The zero-order valence-corrected chi connectivity index (χ0v) is 16.1. The van der Waals surface area contributed by atoms with Gasteiger partial charge < -0.3 is 18.7 Å². The number of methoxy groups -OCH3 is 1. The molecule has 7 heteroatoms. The molecule has 122 valence electrons. The van der Waals surface area contributed by atoms with Gasteiger partial charge in [-0.1, -0.05) is 12.6 Å². The van der Waals surface area contributed by atoms with Crippen LogP contribution in [0.4, 0.5) is 0 Å². The molecule has 0 radical (unpaired) electrons. The maximum Gasteiger partial charge on any atom is 0.332 e. The number of aromatic hydroxyl groups is 1. The van der Waals surface area contributed by atoms with Crippen molar-refractivity contribution in [3.63, 3.8) is 0 Å². The summed E-state index contributed by atoms with van der Waals surface area (Å²) in [6.07, 6.45) is 0.362. The topological polar surface area (TPSA) is 65.0 Å². The van der Waals surface area contributed by atoms with E-state index in [0.717, 1.165) is 11.6 Å². The van der Waals surface area contributed by atoms with E-state index in [-0.39, 0.29) is 11.7 Å². The van der Waals surface area contributed by atoms with E-state index in [0.29, 0.717) is 17.6 Å². The number of carbonyl (C=O) groups is 1. The first-order chi connectivity index (χ1) is 10.2. The number of carbonyl (C=O) groups excluding carboxylic acids is 1. The van der Waals surface area contributed by atoms with Gasteiger partial charge >= 0.3 is 5.97 Å². The predicted molar refractivity (Wildman–Crippen MR) is 91.2 cm³/mol. The molecule has 0 aromatic heterocycles. The Balaban J connectivity index is 2.49. The van der Waals surface area contributed by atoms with E-state index in [2.05, 4.69) is 19.7 Å². The molecule has 5 nitrogen and oxygen atoms in total. The van der Waals surface area contributed by atoms with Crippen LogP contribution < -0.4 is 4.74 Å². The fourth-order valence-corrected chi connectivity index (χ4v) is 6.37. The molecule has 0 bridgehead atoms. The third-order valence-electron chi connectivity index (χ3n) is 3.03. The highest BCUT2D eigenvalue weighted by Gasteiger charge is 2.23. The van der Waals surface area contributed by atoms with Gasteiger partial charge in [-0.2, -0.15) is 0 Å². The van der Waals surface area contributed by atoms with E-state index < -0.39 is 18.1 Å². The normalized spacial score (nSPS) is 11.6. The lowest BCUT2D eigenvalue weighted by molar-refractivity contribution is -0.137. The highest BCUT2D eigenvalue weighted by atomic mass is 28.4. The molecular weight excluding hydrogens is 316 g/mol. The van der Waals surface area contributed by atoms with Crippen molar-refractivity contribution < 1.29 is 23.5 Å². The number of ether oxygens (including phenoxy) is 2. The van der Waals surface area contributed by atoms with Crippen LogP contribution in [0.15, 0.2) is 30.4 Å². The third kappa shape index (κ3) is 6.04. The molecule has 1 aromatic rings. The zero-order valence-electron chi connectivity index (χ0n) is 13.6. The smallest absolute Gasteiger partial charge is 0.332 e. The second kappa shape index (κ2) is 8.16. The minimum absolute atomic E-state index is 0.132. The Hall–Kier alpha value is -1.58. The fraction of sp³-hybridized carbons (Fsp3) is 0.400. The van der Waals surface area contributed by atoms with Crippen LogP contribution in [0.5, 0.6) is 11.5 Å². The van der Waals surface area contributed by atoms with Gasteiger partial charge in [-0.25, -0.2) is 4.79 Å². The summed E-state index contributed by atoms with van der Waals surface area (Å²) in [6, 6.07) is 6.14. The average molecular weight is 341 g/mol. The number of hydrogen-bond acceptors (Lipinski definition) is 5. The number of hydrogen-bond donors (Lipinski definition) is 1. The first-order valence-electron chi connectivity index (χ1n) is 7.07. The first kappa shape index (κ1) is 18.5. The highest BCUT2D eigenvalue weighted by Crippen LogP contribution is 2.27. The molecular formula is C15H24O5Si2. The summed E-state index contributed by atoms with van der Waals surface area (Å²) in [5.74, 6) is 0.238. The quantitative estimate of drug-likeness (QED) is 0.339. The molecule has 0 aliphatic rings. The van der Waals surface area contributed by atoms with Gasteiger partial charge in [0.05, 0.1) is 7.11 Å². The Morgan fingerprint density at radius 3 is 2.68 bits per heavy atom. The Kier molecular flexibility index (Phi) is 6.85. The molecule has 0 aliphatic carbocycles. The molecule has 1 N–H and O–H groups in total. The molecule has 1 rings (SSSR count). The Bertz CT molecular complexity index is 543. The van der Waals surface area contributed by atoms with Crippen molar-refractivity contribution in [2.75, 3.05) is 13.3 Å². The number of phenolic OH excluding ortho intramolecular Hbond substituents is 1. The van der Waals surface area contributed by atoms with Crippen molar-refractivity contribution in [1.82, 2.24) is 0 Å². The van der Waals surface area contributed by atoms with Crippen LogP contribution in [0.25, 0.3) is 0 Å². The van der Waals surface area contributed by atoms with Crippen LogP contribution in [0.2, 0.25) is 13.1 Å². The summed E-state index contributed by atoms with van der Waals surface area (Å²) < 4.78 is 16.2. The second-order valence-corrected chi connectivity index (χ2v) is 11.6. The van der Waals surface area contributed by atoms with Crippen molar-refractivity contribution in [2.45, 2.75) is 26.1 Å². The maximum absolute atomic E-state index is 11.3. The van der Waals surface area contributed by atoms with Gasteiger partial charge in [-0.3, -0.25) is 0 Å². The summed E-state index contributed by atoms with van der Waals surface area (Å²) in [5, 5.41) is 9.61. The molecule has 0 spiro atoms. The van der Waals surface area contributed by atoms with Crippen LogP contribution in [0.3, 0.4) is 0 Å². The summed E-state index contributed by atoms with van der Waals surface area (Å²) >= 11 is 0. The molecule has 0 amide bonds. The van der Waals surface area contributed by atoms with E-state index in [4.69, 9.17) is 13.6 Å². The van der Waals surface area contributed by atoms with Crippen LogP contribution in [-0.2, 0) is 19.7 Å². The van der Waals surface area contributed by atoms with Crippen molar-refractivity contribution >= 4 is 24.0 Å². The van der Waals surface area contributed by atoms with Gasteiger partial charge in [0, 0.05) is 5.57 Å². The number of phenols is 1. The van der Waals surface area contributed by atoms with Crippen LogP contribution >= 0.6 is 0 Å². The van der Waals surface area contributed by atoms with Gasteiger partial charge in [-0.15, -0.1) is 0 Å². The summed E-state index contributed by atoms with van der Waals surface area (Å²) in [5.41, 5.74) is 1.47. The van der Waals surface area contributed by atoms with Gasteiger partial charge in [0.25, 0.3) is 0 Å². The third-order valence-corrected chi connectivity index (χ3v) is 8.60. The summed E-state index contributed by atoms with van der Waals surface area (Å²) in [6.45, 7) is 9.41. The fourth-order valence-electron chi connectivity index (χ4n) is 1.95. The Morgan fingerprint density at radius 2 is 2.09 bits per heavy atom. The van der Waals surface area contributed by atoms with E-state index in [1.54, 1.807) is 13.0 Å². The van der Waals surface area contributed by atoms with Gasteiger partial charge in [0.15, 0.2) is 29.6 Å². The van der Waals surface area contributed by atoms with Gasteiger partial charge in [0.2, 0.25) is 0 Å². The van der Waals surface area contributed by atoms with E-state index >= 15 is 0 Å². The predicted octanol–water partition coefficient (Wildman–Crippen LogP) is 1.86. The lowest BCUT2D eigenvalue weighted by Gasteiger charge is -2.23. The van der Waals surface area contributed by atoms with Crippen molar-refractivity contribution in [2.24, 2.45) is 0 Å². The van der Waals surface area contributed by atoms with Crippen LogP contribution in [0.1, 0.15) is 12.5 Å². The minimum atomic E-state index is -1.89. The lowest BCUT2D eigenvalue weighted by atomic mass is 10.2. The van der Waals surface area contributed by atoms with E-state index in [9.17, 15) is 9.90 Å². The van der Waals surface area contributed by atoms with Crippen molar-refractivity contribution in [3.8, 4) is 11.5 Å². The SMILES string of the molecule is C=C(C)C(=O)OC[SiH2]O[Si](C)(C)Cc1ccc(O)c(OC)c1. The highest BCUT2D eigenvalue weighted by molar-refractivity contribution is 6.74. The Morgan fingerprint density at radius 1 is 1.41 bits per heavy atom. The largest absolute Gasteiger partial charge is 0.504 e. The second-order valence-electron chi connectivity index (χ2n) is 5.71. The van der Waals surface area contributed by atoms with Crippen LogP contribution in [-0.4, -0.2) is 42.5 Å². The van der Waals surface area contributed by atoms with Crippen molar-refractivity contribution in [1.29, 1.82) is 0 Å². The molecule has 0 aliphatic heterocycles. The molecule has 0 atom stereocenters. The zero-order chi connectivity index (χ0) is 16.8. The lowest BCUT2D eigenvalue weighted by Crippen LogP contribution is -2.36. The molecule has 0 heterocycles. The summed E-state index contributed by atoms with van der Waals surface area (Å²) in [4.78, 5) is 11.3. The monoisotopic (exact) mass is 340 g/mol. The van der Waals surface area contributed by atoms with Crippen molar-refractivity contribution in [3.05, 3.63) is 35.9 Å².